The number of aromatic nitrogens is 2. The van der Waals surface area contributed by atoms with Crippen molar-refractivity contribution in [3.8, 4) is 5.75 Å². The molecule has 5 nitrogen and oxygen atoms in total. The van der Waals surface area contributed by atoms with Crippen LogP contribution in [0.5, 0.6) is 5.75 Å². The Morgan fingerprint density at radius 3 is 2.78 bits per heavy atom. The number of fused-ring (bicyclic) bond motifs is 1. The number of benzene rings is 2. The van der Waals surface area contributed by atoms with Crippen molar-refractivity contribution in [2.45, 2.75) is 26.2 Å². The van der Waals surface area contributed by atoms with Crippen LogP contribution in [-0.4, -0.2) is 32.5 Å². The lowest BCUT2D eigenvalue weighted by molar-refractivity contribution is 0.0914. The van der Waals surface area contributed by atoms with Crippen LogP contribution in [0.15, 0.2) is 48.5 Å². The molecule has 0 fully saturated rings. The molecule has 23 heavy (non-hydrogen) atoms. The Morgan fingerprint density at radius 2 is 2.00 bits per heavy atom. The molecule has 120 valence electrons. The van der Waals surface area contributed by atoms with Crippen molar-refractivity contribution >= 4 is 11.0 Å². The first-order valence-electron chi connectivity index (χ1n) is 7.60. The molecule has 1 atom stereocenters. The zero-order valence-corrected chi connectivity index (χ0v) is 13.0. The lowest BCUT2D eigenvalue weighted by Gasteiger charge is -2.15. The van der Waals surface area contributed by atoms with Gasteiger partial charge in [0.25, 0.3) is 0 Å². The van der Waals surface area contributed by atoms with Crippen LogP contribution in [0.1, 0.15) is 11.4 Å². The maximum atomic E-state index is 10.3. The molecule has 0 saturated heterocycles. The maximum absolute atomic E-state index is 10.3. The third-order valence-electron chi connectivity index (χ3n) is 3.70. The number of hydrogen-bond acceptors (Lipinski definition) is 4. The van der Waals surface area contributed by atoms with E-state index in [4.69, 9.17) is 4.74 Å². The van der Waals surface area contributed by atoms with E-state index >= 15 is 0 Å². The van der Waals surface area contributed by atoms with Crippen molar-refractivity contribution in [3.63, 3.8) is 0 Å². The molecule has 5 heteroatoms. The van der Waals surface area contributed by atoms with Gasteiger partial charge in [-0.15, -0.1) is 0 Å². The lowest BCUT2D eigenvalue weighted by Crippen LogP contribution is -2.24. The molecule has 1 heterocycles. The minimum atomic E-state index is -0.696. The summed E-state index contributed by atoms with van der Waals surface area (Å²) in [5.74, 6) is 1.28. The van der Waals surface area contributed by atoms with Gasteiger partial charge in [-0.05, 0) is 36.8 Å². The number of hydrogen-bond donors (Lipinski definition) is 2. The van der Waals surface area contributed by atoms with Gasteiger partial charge in [0.15, 0.2) is 0 Å². The largest absolute Gasteiger partial charge is 0.491 e. The predicted molar refractivity (Wildman–Crippen MR) is 88.3 cm³/mol. The summed E-state index contributed by atoms with van der Waals surface area (Å²) >= 11 is 0. The molecule has 0 bridgehead atoms. The molecular weight excluding hydrogens is 292 g/mol. The van der Waals surface area contributed by atoms with Crippen LogP contribution >= 0.6 is 0 Å². The molecule has 0 aliphatic rings. The Balaban J connectivity index is 1.71. The minimum Gasteiger partial charge on any atom is -0.491 e. The minimum absolute atomic E-state index is 0.167. The van der Waals surface area contributed by atoms with Crippen molar-refractivity contribution in [1.29, 1.82) is 0 Å². The van der Waals surface area contributed by atoms with Crippen LogP contribution in [0, 0.1) is 6.92 Å². The normalized spacial score (nSPS) is 12.5. The molecule has 0 unspecified atom stereocenters. The summed E-state index contributed by atoms with van der Waals surface area (Å²) in [7, 11) is 0. The second kappa shape index (κ2) is 6.81. The van der Waals surface area contributed by atoms with Gasteiger partial charge >= 0.3 is 0 Å². The number of nitrogens with zero attached hydrogens (tertiary/aromatic N) is 2. The summed E-state index contributed by atoms with van der Waals surface area (Å²) < 4.78 is 7.47. The molecule has 3 aromatic rings. The molecule has 2 N–H and O–H groups in total. The Morgan fingerprint density at radius 1 is 1.17 bits per heavy atom. The van der Waals surface area contributed by atoms with Crippen LogP contribution in [0.4, 0.5) is 0 Å². The molecule has 1 aromatic heterocycles. The van der Waals surface area contributed by atoms with Gasteiger partial charge in [0.05, 0.1) is 17.6 Å². The van der Waals surface area contributed by atoms with Gasteiger partial charge in [0.2, 0.25) is 0 Å². The van der Waals surface area contributed by atoms with Crippen LogP contribution in [0.2, 0.25) is 0 Å². The Hall–Kier alpha value is -2.37. The van der Waals surface area contributed by atoms with Crippen molar-refractivity contribution < 1.29 is 14.9 Å². The summed E-state index contributed by atoms with van der Waals surface area (Å²) in [6.07, 6.45) is -0.696. The van der Waals surface area contributed by atoms with Crippen LogP contribution in [0.25, 0.3) is 11.0 Å². The number of aliphatic hydroxyl groups excluding tert-OH is 2. The summed E-state index contributed by atoms with van der Waals surface area (Å²) in [5.41, 5.74) is 2.81. The molecule has 0 aliphatic carbocycles. The SMILES string of the molecule is Cc1cccc(OC[C@@H](O)Cn2c(CO)nc3ccccc32)c1. The van der Waals surface area contributed by atoms with Gasteiger partial charge in [-0.1, -0.05) is 24.3 Å². The highest BCUT2D eigenvalue weighted by Gasteiger charge is 2.14. The maximum Gasteiger partial charge on any atom is 0.135 e. The van der Waals surface area contributed by atoms with E-state index in [9.17, 15) is 10.2 Å². The van der Waals surface area contributed by atoms with Crippen LogP contribution in [-0.2, 0) is 13.2 Å². The first kappa shape index (κ1) is 15.5. The highest BCUT2D eigenvalue weighted by Crippen LogP contribution is 2.17. The van der Waals surface area contributed by atoms with Crippen molar-refractivity contribution in [2.75, 3.05) is 6.61 Å². The number of para-hydroxylation sites is 2. The molecule has 0 amide bonds. The molecule has 0 aliphatic heterocycles. The Kier molecular flexibility index (Phi) is 4.60. The Labute approximate surface area is 134 Å². The van der Waals surface area contributed by atoms with Crippen LogP contribution < -0.4 is 4.74 Å². The first-order valence-corrected chi connectivity index (χ1v) is 7.60. The van der Waals surface area contributed by atoms with Crippen LogP contribution in [0.3, 0.4) is 0 Å². The van der Waals surface area contributed by atoms with Gasteiger partial charge < -0.3 is 19.5 Å². The second-order valence-electron chi connectivity index (χ2n) is 5.57. The van der Waals surface area contributed by atoms with Gasteiger partial charge in [0, 0.05) is 0 Å². The van der Waals surface area contributed by atoms with Crippen molar-refractivity contribution in [2.24, 2.45) is 0 Å². The fourth-order valence-electron chi connectivity index (χ4n) is 2.61. The van der Waals surface area contributed by atoms with E-state index in [1.165, 1.54) is 0 Å². The van der Waals surface area contributed by atoms with E-state index in [0.29, 0.717) is 12.4 Å². The number of ether oxygens (including phenoxy) is 1. The smallest absolute Gasteiger partial charge is 0.135 e. The zero-order chi connectivity index (χ0) is 16.2. The van der Waals surface area contributed by atoms with Crippen molar-refractivity contribution in [3.05, 3.63) is 59.9 Å². The van der Waals surface area contributed by atoms with Gasteiger partial charge in [-0.2, -0.15) is 0 Å². The molecular formula is C18H20N2O3. The van der Waals surface area contributed by atoms with E-state index in [2.05, 4.69) is 4.98 Å². The first-order chi connectivity index (χ1) is 11.2. The molecule has 0 saturated carbocycles. The molecule has 3 rings (SSSR count). The average molecular weight is 312 g/mol. The highest BCUT2D eigenvalue weighted by molar-refractivity contribution is 5.75. The average Bonchev–Trinajstić information content (AvgIpc) is 2.91. The highest BCUT2D eigenvalue weighted by atomic mass is 16.5. The summed E-state index contributed by atoms with van der Waals surface area (Å²) in [6, 6.07) is 15.3. The summed E-state index contributed by atoms with van der Waals surface area (Å²) in [4.78, 5) is 4.38. The van der Waals surface area contributed by atoms with E-state index in [0.717, 1.165) is 22.3 Å². The third kappa shape index (κ3) is 3.52. The summed E-state index contributed by atoms with van der Waals surface area (Å²) in [5, 5.41) is 19.8. The molecule has 0 spiro atoms. The zero-order valence-electron chi connectivity index (χ0n) is 13.0. The topological polar surface area (TPSA) is 67.5 Å². The predicted octanol–water partition coefficient (Wildman–Crippen LogP) is 2.28. The monoisotopic (exact) mass is 312 g/mol. The fourth-order valence-corrected chi connectivity index (χ4v) is 2.61. The summed E-state index contributed by atoms with van der Waals surface area (Å²) in [6.45, 7) is 2.33. The fraction of sp³-hybridized carbons (Fsp3) is 0.278. The standard InChI is InChI=1S/C18H20N2O3/c1-13-5-4-6-15(9-13)23-12-14(22)10-20-17-8-3-2-7-16(17)19-18(20)11-21/h2-9,14,21-22H,10-12H2,1H3/t14-/m0/s1. The molecule has 2 aromatic carbocycles. The quantitative estimate of drug-likeness (QED) is 0.733. The number of imidazole rings is 1. The lowest BCUT2D eigenvalue weighted by atomic mass is 10.2. The Bertz CT molecular complexity index is 798. The van der Waals surface area contributed by atoms with Gasteiger partial charge in [-0.25, -0.2) is 4.98 Å². The van der Waals surface area contributed by atoms with E-state index < -0.39 is 6.10 Å². The van der Waals surface area contributed by atoms with Crippen molar-refractivity contribution in [1.82, 2.24) is 9.55 Å². The van der Waals surface area contributed by atoms with E-state index in [-0.39, 0.29) is 13.2 Å². The second-order valence-corrected chi connectivity index (χ2v) is 5.57. The number of aliphatic hydroxyl groups is 2. The number of rotatable bonds is 6. The van der Waals surface area contributed by atoms with E-state index in [1.807, 2.05) is 60.0 Å². The van der Waals surface area contributed by atoms with Gasteiger partial charge in [-0.3, -0.25) is 0 Å². The number of aryl methyl sites for hydroxylation is 1. The van der Waals surface area contributed by atoms with Gasteiger partial charge in [0.1, 0.15) is 30.9 Å². The third-order valence-corrected chi connectivity index (χ3v) is 3.70. The van der Waals surface area contributed by atoms with E-state index in [1.54, 1.807) is 0 Å². The molecule has 0 radical (unpaired) electrons.